The molecule has 3 aliphatic carbocycles. The number of ketones is 2. The molecule has 1 heterocycles. The maximum absolute atomic E-state index is 12.5. The molecule has 1 saturated heterocycles. The van der Waals surface area contributed by atoms with Crippen molar-refractivity contribution in [2.24, 2.45) is 28.6 Å². The van der Waals surface area contributed by atoms with Crippen molar-refractivity contribution in [2.45, 2.75) is 71.3 Å². The Balaban J connectivity index is 1.73. The van der Waals surface area contributed by atoms with Crippen LogP contribution in [0.15, 0.2) is 0 Å². The minimum absolute atomic E-state index is 0.00675. The molecule has 126 valence electrons. The lowest BCUT2D eigenvalue weighted by Gasteiger charge is -2.53. The van der Waals surface area contributed by atoms with E-state index in [9.17, 15) is 14.4 Å². The SMILES string of the molecule is C[C@]12CCC(=O)CC1NC(=O)C[C@@H]1[C@@H]2CC[C@]2(C)C(=O)CC[C@@H]12. The van der Waals surface area contributed by atoms with E-state index in [0.29, 0.717) is 49.2 Å². The Kier molecular flexibility index (Phi) is 3.27. The molecule has 4 nitrogen and oxygen atoms in total. The van der Waals surface area contributed by atoms with E-state index >= 15 is 0 Å². The van der Waals surface area contributed by atoms with Gasteiger partial charge in [0.2, 0.25) is 5.91 Å². The number of fused-ring (bicyclic) bond motifs is 5. The third-order valence-corrected chi connectivity index (χ3v) is 7.92. The molecule has 6 atom stereocenters. The Morgan fingerprint density at radius 1 is 0.957 bits per heavy atom. The van der Waals surface area contributed by atoms with E-state index in [4.69, 9.17) is 0 Å². The molecule has 4 heteroatoms. The van der Waals surface area contributed by atoms with Crippen LogP contribution in [-0.2, 0) is 14.4 Å². The van der Waals surface area contributed by atoms with Gasteiger partial charge in [-0.3, -0.25) is 14.4 Å². The van der Waals surface area contributed by atoms with Gasteiger partial charge in [0, 0.05) is 37.1 Å². The van der Waals surface area contributed by atoms with E-state index in [2.05, 4.69) is 19.2 Å². The predicted molar refractivity (Wildman–Crippen MR) is 85.6 cm³/mol. The first-order chi connectivity index (χ1) is 10.8. The summed E-state index contributed by atoms with van der Waals surface area (Å²) in [6, 6.07) is -0.00675. The van der Waals surface area contributed by atoms with Crippen LogP contribution >= 0.6 is 0 Å². The third kappa shape index (κ3) is 2.06. The third-order valence-electron chi connectivity index (χ3n) is 7.92. The monoisotopic (exact) mass is 317 g/mol. The van der Waals surface area contributed by atoms with Gasteiger partial charge in [-0.15, -0.1) is 0 Å². The lowest BCUT2D eigenvalue weighted by Crippen LogP contribution is -2.54. The lowest BCUT2D eigenvalue weighted by atomic mass is 9.51. The highest BCUT2D eigenvalue weighted by Crippen LogP contribution is 2.61. The van der Waals surface area contributed by atoms with E-state index < -0.39 is 0 Å². The second-order valence-electron chi connectivity index (χ2n) is 8.87. The molecule has 4 fully saturated rings. The molecule has 1 amide bonds. The summed E-state index contributed by atoms with van der Waals surface area (Å²) in [6.07, 6.45) is 6.18. The van der Waals surface area contributed by atoms with Gasteiger partial charge in [-0.25, -0.2) is 0 Å². The van der Waals surface area contributed by atoms with Crippen LogP contribution < -0.4 is 5.32 Å². The maximum atomic E-state index is 12.5. The van der Waals surface area contributed by atoms with Crippen LogP contribution in [0.1, 0.15) is 65.2 Å². The standard InChI is InChI=1S/C19H27NO3/c1-18-7-5-11(21)9-15(18)20-17(23)10-12-13-3-4-16(22)19(13,2)8-6-14(12)18/h12-15H,3-10H2,1-2H3,(H,20,23)/t12-,13-,14-,15?,18+,19-/m0/s1. The number of hydrogen-bond donors (Lipinski definition) is 1. The van der Waals surface area contributed by atoms with Crippen LogP contribution in [0.2, 0.25) is 0 Å². The van der Waals surface area contributed by atoms with E-state index in [1.807, 2.05) is 0 Å². The van der Waals surface area contributed by atoms with Gasteiger partial charge >= 0.3 is 0 Å². The molecule has 0 aromatic carbocycles. The Morgan fingerprint density at radius 3 is 2.52 bits per heavy atom. The summed E-state index contributed by atoms with van der Waals surface area (Å²) in [5.41, 5.74) is -0.195. The molecule has 4 rings (SSSR count). The Morgan fingerprint density at radius 2 is 1.74 bits per heavy atom. The molecule has 1 unspecified atom stereocenters. The smallest absolute Gasteiger partial charge is 0.220 e. The largest absolute Gasteiger partial charge is 0.352 e. The van der Waals surface area contributed by atoms with E-state index in [1.54, 1.807) is 0 Å². The quantitative estimate of drug-likeness (QED) is 0.747. The highest BCUT2D eigenvalue weighted by atomic mass is 16.2. The van der Waals surface area contributed by atoms with Gasteiger partial charge in [-0.2, -0.15) is 0 Å². The molecule has 23 heavy (non-hydrogen) atoms. The zero-order chi connectivity index (χ0) is 16.4. The minimum Gasteiger partial charge on any atom is -0.352 e. The molecule has 0 aromatic heterocycles. The normalized spacial score (nSPS) is 49.7. The van der Waals surface area contributed by atoms with Crippen LogP contribution in [0.4, 0.5) is 0 Å². The summed E-state index contributed by atoms with van der Waals surface area (Å²) in [5.74, 6) is 1.90. The van der Waals surface area contributed by atoms with Crippen molar-refractivity contribution in [2.75, 3.05) is 0 Å². The second kappa shape index (κ2) is 4.90. The van der Waals surface area contributed by atoms with Crippen LogP contribution in [0.5, 0.6) is 0 Å². The summed E-state index contributed by atoms with van der Waals surface area (Å²) in [4.78, 5) is 36.9. The van der Waals surface area contributed by atoms with Gasteiger partial charge < -0.3 is 5.32 Å². The number of nitrogens with one attached hydrogen (secondary N) is 1. The fourth-order valence-electron chi connectivity index (χ4n) is 6.43. The van der Waals surface area contributed by atoms with Gasteiger partial charge in [0.15, 0.2) is 0 Å². The number of Topliss-reactive ketones (excluding diaryl/α,β-unsaturated/α-hetero) is 2. The fourth-order valence-corrected chi connectivity index (χ4v) is 6.43. The minimum atomic E-state index is -0.206. The van der Waals surface area contributed by atoms with Crippen LogP contribution in [-0.4, -0.2) is 23.5 Å². The zero-order valence-corrected chi connectivity index (χ0v) is 14.2. The van der Waals surface area contributed by atoms with Crippen molar-refractivity contribution < 1.29 is 14.4 Å². The summed E-state index contributed by atoms with van der Waals surface area (Å²) in [5, 5.41) is 3.17. The molecule has 0 aromatic rings. The number of carbonyl (C=O) groups is 3. The summed E-state index contributed by atoms with van der Waals surface area (Å²) in [7, 11) is 0. The van der Waals surface area contributed by atoms with Crippen molar-refractivity contribution in [1.82, 2.24) is 5.32 Å². The first kappa shape index (κ1) is 15.3. The molecule has 1 N–H and O–H groups in total. The van der Waals surface area contributed by atoms with Crippen LogP contribution in [0.3, 0.4) is 0 Å². The average molecular weight is 317 g/mol. The van der Waals surface area contributed by atoms with Gasteiger partial charge in [0.1, 0.15) is 11.6 Å². The predicted octanol–water partition coefficient (Wildman–Crippen LogP) is 2.65. The molecule has 3 saturated carbocycles. The summed E-state index contributed by atoms with van der Waals surface area (Å²) in [6.45, 7) is 4.42. The van der Waals surface area contributed by atoms with Crippen molar-refractivity contribution in [3.05, 3.63) is 0 Å². The Hall–Kier alpha value is -1.19. The Bertz CT molecular complexity index is 585. The highest BCUT2D eigenvalue weighted by Gasteiger charge is 2.60. The molecule has 4 aliphatic rings. The zero-order valence-electron chi connectivity index (χ0n) is 14.2. The first-order valence-electron chi connectivity index (χ1n) is 9.19. The second-order valence-corrected chi connectivity index (χ2v) is 8.87. The van der Waals surface area contributed by atoms with Crippen LogP contribution in [0.25, 0.3) is 0 Å². The Labute approximate surface area is 137 Å². The fraction of sp³-hybridized carbons (Fsp3) is 0.842. The molecular weight excluding hydrogens is 290 g/mol. The van der Waals surface area contributed by atoms with E-state index in [1.165, 1.54) is 0 Å². The molecule has 0 spiro atoms. The molecular formula is C19H27NO3. The topological polar surface area (TPSA) is 63.2 Å². The van der Waals surface area contributed by atoms with E-state index in [0.717, 1.165) is 25.7 Å². The van der Waals surface area contributed by atoms with Crippen molar-refractivity contribution >= 4 is 17.5 Å². The maximum Gasteiger partial charge on any atom is 0.220 e. The van der Waals surface area contributed by atoms with E-state index in [-0.39, 0.29) is 28.6 Å². The van der Waals surface area contributed by atoms with Crippen molar-refractivity contribution in [1.29, 1.82) is 0 Å². The van der Waals surface area contributed by atoms with Gasteiger partial charge in [0.25, 0.3) is 0 Å². The van der Waals surface area contributed by atoms with Crippen molar-refractivity contribution in [3.63, 3.8) is 0 Å². The first-order valence-corrected chi connectivity index (χ1v) is 9.19. The molecule has 0 radical (unpaired) electrons. The van der Waals surface area contributed by atoms with Gasteiger partial charge in [-0.1, -0.05) is 13.8 Å². The summed E-state index contributed by atoms with van der Waals surface area (Å²) < 4.78 is 0. The molecule has 1 aliphatic heterocycles. The number of carbonyl (C=O) groups excluding carboxylic acids is 3. The van der Waals surface area contributed by atoms with Crippen LogP contribution in [0, 0.1) is 28.6 Å². The lowest BCUT2D eigenvalue weighted by molar-refractivity contribution is -0.134. The number of amides is 1. The summed E-state index contributed by atoms with van der Waals surface area (Å²) >= 11 is 0. The number of hydrogen-bond acceptors (Lipinski definition) is 3. The molecule has 0 bridgehead atoms. The van der Waals surface area contributed by atoms with Crippen molar-refractivity contribution in [3.8, 4) is 0 Å². The number of rotatable bonds is 0. The average Bonchev–Trinajstić information content (AvgIpc) is 2.73. The highest BCUT2D eigenvalue weighted by molar-refractivity contribution is 5.87. The van der Waals surface area contributed by atoms with Gasteiger partial charge in [0.05, 0.1) is 0 Å². The van der Waals surface area contributed by atoms with Gasteiger partial charge in [-0.05, 0) is 48.9 Å².